The van der Waals surface area contributed by atoms with Crippen LogP contribution >= 0.6 is 22.7 Å². The third-order valence-corrected chi connectivity index (χ3v) is 5.92. The Kier molecular flexibility index (Phi) is 5.49. The fraction of sp³-hybridized carbons (Fsp3) is 0.211. The molecule has 3 aromatic rings. The number of aryl methyl sites for hydroxylation is 3. The van der Waals surface area contributed by atoms with E-state index in [2.05, 4.69) is 15.6 Å². The molecule has 0 fully saturated rings. The number of amides is 2. The summed E-state index contributed by atoms with van der Waals surface area (Å²) < 4.78 is 0. The normalized spacial score (nSPS) is 10.6. The van der Waals surface area contributed by atoms with E-state index in [1.807, 2.05) is 44.4 Å². The van der Waals surface area contributed by atoms with Crippen molar-refractivity contribution in [2.24, 2.45) is 0 Å². The lowest BCUT2D eigenvalue weighted by atomic mass is 10.1. The molecule has 0 atom stereocenters. The van der Waals surface area contributed by atoms with Crippen LogP contribution in [-0.2, 0) is 4.79 Å². The Hall–Kier alpha value is -2.51. The standard InChI is InChI=1S/C19H19N3O2S2/c1-11-4-6-14(7-5-11)18(24)20-9-17(23)22-15-8-16(26-13(15)3)19-21-12(2)10-25-19/h4-8,10H,9H2,1-3H3,(H,20,24)(H,22,23). The molecule has 0 aliphatic heterocycles. The maximum absolute atomic E-state index is 12.2. The Balaban J connectivity index is 1.59. The van der Waals surface area contributed by atoms with Gasteiger partial charge in [0, 0.05) is 21.5 Å². The summed E-state index contributed by atoms with van der Waals surface area (Å²) in [5, 5.41) is 8.45. The average Bonchev–Trinajstić information content (AvgIpc) is 3.19. The van der Waals surface area contributed by atoms with Crippen molar-refractivity contribution in [3.63, 3.8) is 0 Å². The number of rotatable bonds is 5. The predicted molar refractivity (Wildman–Crippen MR) is 107 cm³/mol. The molecule has 2 N–H and O–H groups in total. The van der Waals surface area contributed by atoms with Crippen LogP contribution in [0.1, 0.15) is 26.5 Å². The Labute approximate surface area is 160 Å². The molecule has 0 unspecified atom stereocenters. The molecule has 0 bridgehead atoms. The fourth-order valence-electron chi connectivity index (χ4n) is 2.34. The summed E-state index contributed by atoms with van der Waals surface area (Å²) in [6.07, 6.45) is 0. The van der Waals surface area contributed by atoms with Crippen LogP contribution in [0.4, 0.5) is 5.69 Å². The van der Waals surface area contributed by atoms with Gasteiger partial charge in [0.15, 0.2) is 0 Å². The van der Waals surface area contributed by atoms with Gasteiger partial charge in [0.2, 0.25) is 5.91 Å². The number of carbonyl (C=O) groups excluding carboxylic acids is 2. The Morgan fingerprint density at radius 2 is 1.85 bits per heavy atom. The van der Waals surface area contributed by atoms with E-state index in [1.165, 1.54) is 0 Å². The van der Waals surface area contributed by atoms with Crippen LogP contribution in [-0.4, -0.2) is 23.3 Å². The van der Waals surface area contributed by atoms with Crippen molar-refractivity contribution >= 4 is 40.2 Å². The van der Waals surface area contributed by atoms with Crippen molar-refractivity contribution in [3.05, 3.63) is 57.4 Å². The van der Waals surface area contributed by atoms with E-state index in [1.54, 1.807) is 34.8 Å². The van der Waals surface area contributed by atoms with Crippen LogP contribution in [0.25, 0.3) is 9.88 Å². The van der Waals surface area contributed by atoms with E-state index in [-0.39, 0.29) is 18.4 Å². The molecule has 2 amide bonds. The van der Waals surface area contributed by atoms with Gasteiger partial charge < -0.3 is 10.6 Å². The topological polar surface area (TPSA) is 71.1 Å². The van der Waals surface area contributed by atoms with Gasteiger partial charge in [0.1, 0.15) is 5.01 Å². The molecule has 7 heteroatoms. The summed E-state index contributed by atoms with van der Waals surface area (Å²) in [5.41, 5.74) is 3.36. The summed E-state index contributed by atoms with van der Waals surface area (Å²) in [7, 11) is 0. The number of thiazole rings is 1. The summed E-state index contributed by atoms with van der Waals surface area (Å²) in [5.74, 6) is -0.519. The van der Waals surface area contributed by atoms with Crippen LogP contribution in [0.2, 0.25) is 0 Å². The fourth-order valence-corrected chi connectivity index (χ4v) is 4.18. The highest BCUT2D eigenvalue weighted by Gasteiger charge is 2.13. The molecule has 0 saturated carbocycles. The van der Waals surface area contributed by atoms with Crippen LogP contribution in [0.3, 0.4) is 0 Å². The summed E-state index contributed by atoms with van der Waals surface area (Å²) in [6.45, 7) is 5.79. The van der Waals surface area contributed by atoms with Gasteiger partial charge in [-0.1, -0.05) is 17.7 Å². The van der Waals surface area contributed by atoms with E-state index in [4.69, 9.17) is 0 Å². The van der Waals surface area contributed by atoms with Crippen molar-refractivity contribution in [2.75, 3.05) is 11.9 Å². The zero-order valence-electron chi connectivity index (χ0n) is 14.8. The molecule has 1 aromatic carbocycles. The molecular formula is C19H19N3O2S2. The van der Waals surface area contributed by atoms with Gasteiger partial charge in [-0.3, -0.25) is 9.59 Å². The Bertz CT molecular complexity index is 942. The first-order valence-corrected chi connectivity index (χ1v) is 9.79. The van der Waals surface area contributed by atoms with Gasteiger partial charge in [-0.2, -0.15) is 0 Å². The quantitative estimate of drug-likeness (QED) is 0.693. The highest BCUT2D eigenvalue weighted by molar-refractivity contribution is 7.21. The lowest BCUT2D eigenvalue weighted by molar-refractivity contribution is -0.115. The minimum atomic E-state index is -0.263. The molecule has 2 heterocycles. The maximum atomic E-state index is 12.2. The molecule has 0 radical (unpaired) electrons. The van der Waals surface area contributed by atoms with E-state index < -0.39 is 0 Å². The van der Waals surface area contributed by atoms with Crippen molar-refractivity contribution in [1.82, 2.24) is 10.3 Å². The van der Waals surface area contributed by atoms with Gasteiger partial charge in [-0.25, -0.2) is 4.98 Å². The first-order chi connectivity index (χ1) is 12.4. The number of aromatic nitrogens is 1. The lowest BCUT2D eigenvalue weighted by Gasteiger charge is -2.07. The van der Waals surface area contributed by atoms with Crippen molar-refractivity contribution in [3.8, 4) is 9.88 Å². The SMILES string of the molecule is Cc1ccc(C(=O)NCC(=O)Nc2cc(-c3nc(C)cs3)sc2C)cc1. The minimum absolute atomic E-state index is 0.0757. The molecule has 134 valence electrons. The van der Waals surface area contributed by atoms with Gasteiger partial charge in [0.25, 0.3) is 5.91 Å². The molecule has 2 aromatic heterocycles. The van der Waals surface area contributed by atoms with Crippen LogP contribution in [0.5, 0.6) is 0 Å². The molecule has 0 aliphatic carbocycles. The van der Waals surface area contributed by atoms with Crippen LogP contribution < -0.4 is 10.6 Å². The minimum Gasteiger partial charge on any atom is -0.343 e. The molecule has 0 spiro atoms. The van der Waals surface area contributed by atoms with Crippen LogP contribution in [0, 0.1) is 20.8 Å². The van der Waals surface area contributed by atoms with Gasteiger partial charge in [0.05, 0.1) is 17.1 Å². The van der Waals surface area contributed by atoms with Crippen molar-refractivity contribution in [1.29, 1.82) is 0 Å². The summed E-state index contributed by atoms with van der Waals surface area (Å²) in [4.78, 5) is 30.8. The van der Waals surface area contributed by atoms with Gasteiger partial charge in [-0.15, -0.1) is 22.7 Å². The second kappa shape index (κ2) is 7.80. The lowest BCUT2D eigenvalue weighted by Crippen LogP contribution is -2.32. The first kappa shape index (κ1) is 18.3. The molecule has 0 saturated heterocycles. The predicted octanol–water partition coefficient (Wildman–Crippen LogP) is 4.17. The van der Waals surface area contributed by atoms with E-state index >= 15 is 0 Å². The molecule has 26 heavy (non-hydrogen) atoms. The first-order valence-electron chi connectivity index (χ1n) is 8.10. The summed E-state index contributed by atoms with van der Waals surface area (Å²) >= 11 is 3.18. The molecular weight excluding hydrogens is 366 g/mol. The maximum Gasteiger partial charge on any atom is 0.251 e. The summed E-state index contributed by atoms with van der Waals surface area (Å²) in [6, 6.07) is 9.15. The second-order valence-corrected chi connectivity index (χ2v) is 8.09. The average molecular weight is 386 g/mol. The Morgan fingerprint density at radius 1 is 1.12 bits per heavy atom. The van der Waals surface area contributed by atoms with Crippen molar-refractivity contribution in [2.45, 2.75) is 20.8 Å². The smallest absolute Gasteiger partial charge is 0.251 e. The Morgan fingerprint density at radius 3 is 2.50 bits per heavy atom. The number of benzene rings is 1. The third kappa shape index (κ3) is 4.36. The number of thiophene rings is 1. The van der Waals surface area contributed by atoms with E-state index in [0.717, 1.165) is 31.7 Å². The number of hydrogen-bond acceptors (Lipinski definition) is 5. The van der Waals surface area contributed by atoms with Crippen molar-refractivity contribution < 1.29 is 9.59 Å². The van der Waals surface area contributed by atoms with Gasteiger partial charge in [-0.05, 0) is 39.0 Å². The van der Waals surface area contributed by atoms with Crippen LogP contribution in [0.15, 0.2) is 35.7 Å². The number of nitrogens with one attached hydrogen (secondary N) is 2. The van der Waals surface area contributed by atoms with E-state index in [0.29, 0.717) is 5.56 Å². The number of carbonyl (C=O) groups is 2. The molecule has 5 nitrogen and oxygen atoms in total. The second-order valence-electron chi connectivity index (χ2n) is 5.97. The third-order valence-electron chi connectivity index (χ3n) is 3.74. The number of anilines is 1. The largest absolute Gasteiger partial charge is 0.343 e. The molecule has 3 rings (SSSR count). The number of hydrogen-bond donors (Lipinski definition) is 2. The molecule has 0 aliphatic rings. The zero-order valence-corrected chi connectivity index (χ0v) is 16.4. The van der Waals surface area contributed by atoms with E-state index in [9.17, 15) is 9.59 Å². The monoisotopic (exact) mass is 385 g/mol. The zero-order chi connectivity index (χ0) is 18.7. The highest BCUT2D eigenvalue weighted by Crippen LogP contribution is 2.35. The number of nitrogens with zero attached hydrogens (tertiary/aromatic N) is 1. The highest BCUT2D eigenvalue weighted by atomic mass is 32.1. The van der Waals surface area contributed by atoms with Gasteiger partial charge >= 0.3 is 0 Å².